The second kappa shape index (κ2) is 6.60. The Balaban J connectivity index is 1.95. The van der Waals surface area contributed by atoms with Gasteiger partial charge in [-0.15, -0.1) is 0 Å². The van der Waals surface area contributed by atoms with Gasteiger partial charge in [-0.25, -0.2) is 4.79 Å². The molecule has 0 heterocycles. The molecule has 5 heteroatoms. The Morgan fingerprint density at radius 3 is 2.62 bits per heavy atom. The summed E-state index contributed by atoms with van der Waals surface area (Å²) in [4.78, 5) is 14.2. The van der Waals surface area contributed by atoms with Crippen LogP contribution in [-0.2, 0) is 0 Å². The highest BCUT2D eigenvalue weighted by molar-refractivity contribution is 8.00. The van der Waals surface area contributed by atoms with E-state index in [0.717, 1.165) is 23.5 Å². The SMILES string of the molecule is CSC1(CNC(=O)Nc2cccc(N(C)C)c2C)CCC1. The van der Waals surface area contributed by atoms with Gasteiger partial charge < -0.3 is 15.5 Å². The summed E-state index contributed by atoms with van der Waals surface area (Å²) in [5.41, 5.74) is 3.07. The average molecular weight is 307 g/mol. The third-order valence-corrected chi connectivity index (χ3v) is 5.72. The maximum Gasteiger partial charge on any atom is 0.319 e. The summed E-state index contributed by atoms with van der Waals surface area (Å²) in [7, 11) is 4.01. The van der Waals surface area contributed by atoms with Crippen molar-refractivity contribution in [3.05, 3.63) is 23.8 Å². The standard InChI is InChI=1S/C16H25N3OS/c1-12-13(7-5-8-14(12)19(2)3)18-15(20)17-11-16(21-4)9-6-10-16/h5,7-8H,6,9-11H2,1-4H3,(H2,17,18,20). The molecule has 21 heavy (non-hydrogen) atoms. The van der Waals surface area contributed by atoms with Crippen molar-refractivity contribution in [1.29, 1.82) is 0 Å². The van der Waals surface area contributed by atoms with Gasteiger partial charge in [-0.2, -0.15) is 11.8 Å². The Morgan fingerprint density at radius 2 is 2.10 bits per heavy atom. The van der Waals surface area contributed by atoms with Gasteiger partial charge in [0.25, 0.3) is 0 Å². The van der Waals surface area contributed by atoms with Crippen molar-refractivity contribution in [2.24, 2.45) is 0 Å². The van der Waals surface area contributed by atoms with Crippen molar-refractivity contribution in [3.8, 4) is 0 Å². The molecule has 0 aliphatic heterocycles. The minimum absolute atomic E-state index is 0.116. The number of amides is 2. The molecule has 0 atom stereocenters. The highest BCUT2D eigenvalue weighted by Crippen LogP contribution is 2.42. The van der Waals surface area contributed by atoms with Crippen molar-refractivity contribution < 1.29 is 4.79 Å². The van der Waals surface area contributed by atoms with Crippen molar-refractivity contribution in [1.82, 2.24) is 5.32 Å². The summed E-state index contributed by atoms with van der Waals surface area (Å²) >= 11 is 1.87. The molecule has 1 aliphatic carbocycles. The molecular formula is C16H25N3OS. The Hall–Kier alpha value is -1.36. The molecule has 0 radical (unpaired) electrons. The van der Waals surface area contributed by atoms with E-state index in [2.05, 4.69) is 27.9 Å². The molecule has 0 saturated heterocycles. The molecule has 0 aromatic heterocycles. The van der Waals surface area contributed by atoms with Gasteiger partial charge in [-0.1, -0.05) is 12.5 Å². The highest BCUT2D eigenvalue weighted by Gasteiger charge is 2.36. The van der Waals surface area contributed by atoms with E-state index in [4.69, 9.17) is 0 Å². The van der Waals surface area contributed by atoms with Crippen LogP contribution in [0.25, 0.3) is 0 Å². The smallest absolute Gasteiger partial charge is 0.319 e. The first-order valence-electron chi connectivity index (χ1n) is 7.34. The van der Waals surface area contributed by atoms with E-state index >= 15 is 0 Å². The largest absolute Gasteiger partial charge is 0.377 e. The van der Waals surface area contributed by atoms with Crippen molar-refractivity contribution in [3.63, 3.8) is 0 Å². The number of nitrogens with one attached hydrogen (secondary N) is 2. The fraction of sp³-hybridized carbons (Fsp3) is 0.562. The fourth-order valence-electron chi connectivity index (χ4n) is 2.68. The fourth-order valence-corrected chi connectivity index (χ4v) is 3.59. The Morgan fingerprint density at radius 1 is 1.38 bits per heavy atom. The molecule has 1 aromatic carbocycles. The lowest BCUT2D eigenvalue weighted by molar-refractivity contribution is 0.247. The van der Waals surface area contributed by atoms with Crippen molar-refractivity contribution >= 4 is 29.2 Å². The van der Waals surface area contributed by atoms with Gasteiger partial charge in [0, 0.05) is 36.8 Å². The Kier molecular flexibility index (Phi) is 5.04. The van der Waals surface area contributed by atoms with Crippen LogP contribution >= 0.6 is 11.8 Å². The molecule has 2 amide bonds. The Labute approximate surface area is 131 Å². The third-order valence-electron chi connectivity index (χ3n) is 4.30. The number of anilines is 2. The summed E-state index contributed by atoms with van der Waals surface area (Å²) < 4.78 is 0.262. The van der Waals surface area contributed by atoms with Crippen LogP contribution in [0, 0.1) is 6.92 Å². The first kappa shape index (κ1) is 16.0. The van der Waals surface area contributed by atoms with Gasteiger partial charge in [-0.05, 0) is 43.7 Å². The van der Waals surface area contributed by atoms with Crippen LogP contribution in [0.4, 0.5) is 16.2 Å². The number of rotatable bonds is 5. The topological polar surface area (TPSA) is 44.4 Å². The van der Waals surface area contributed by atoms with E-state index < -0.39 is 0 Å². The summed E-state index contributed by atoms with van der Waals surface area (Å²) in [6.07, 6.45) is 5.80. The van der Waals surface area contributed by atoms with Gasteiger partial charge in [0.1, 0.15) is 0 Å². The van der Waals surface area contributed by atoms with E-state index in [1.54, 1.807) is 0 Å². The molecule has 0 unspecified atom stereocenters. The number of urea groups is 1. The lowest BCUT2D eigenvalue weighted by Crippen LogP contribution is -2.46. The van der Waals surface area contributed by atoms with Crippen LogP contribution in [0.15, 0.2) is 18.2 Å². The minimum Gasteiger partial charge on any atom is -0.377 e. The maximum absolute atomic E-state index is 12.1. The molecule has 4 nitrogen and oxygen atoms in total. The predicted octanol–water partition coefficient (Wildman–Crippen LogP) is 3.47. The van der Waals surface area contributed by atoms with Gasteiger partial charge in [0.2, 0.25) is 0 Å². The number of carbonyl (C=O) groups excluding carboxylic acids is 1. The number of benzene rings is 1. The zero-order valence-corrected chi connectivity index (χ0v) is 14.1. The number of hydrogen-bond donors (Lipinski definition) is 2. The first-order valence-corrected chi connectivity index (χ1v) is 8.57. The maximum atomic E-state index is 12.1. The van der Waals surface area contributed by atoms with E-state index in [0.29, 0.717) is 0 Å². The van der Waals surface area contributed by atoms with Crippen LogP contribution < -0.4 is 15.5 Å². The molecule has 2 rings (SSSR count). The molecule has 0 bridgehead atoms. The van der Waals surface area contributed by atoms with Crippen molar-refractivity contribution in [2.75, 3.05) is 37.1 Å². The number of thioether (sulfide) groups is 1. The number of nitrogens with zero attached hydrogens (tertiary/aromatic N) is 1. The zero-order valence-electron chi connectivity index (χ0n) is 13.3. The van der Waals surface area contributed by atoms with Gasteiger partial charge in [0.05, 0.1) is 0 Å². The molecule has 1 saturated carbocycles. The molecule has 1 aromatic rings. The van der Waals surface area contributed by atoms with Crippen LogP contribution in [0.5, 0.6) is 0 Å². The Bertz CT molecular complexity index is 507. The molecule has 1 fully saturated rings. The van der Waals surface area contributed by atoms with E-state index in [-0.39, 0.29) is 10.8 Å². The van der Waals surface area contributed by atoms with Gasteiger partial charge >= 0.3 is 6.03 Å². The van der Waals surface area contributed by atoms with Crippen molar-refractivity contribution in [2.45, 2.75) is 30.9 Å². The van der Waals surface area contributed by atoms with E-state index in [1.165, 1.54) is 19.3 Å². The first-order chi connectivity index (χ1) is 9.97. The highest BCUT2D eigenvalue weighted by atomic mass is 32.2. The molecule has 116 valence electrons. The monoisotopic (exact) mass is 307 g/mol. The predicted molar refractivity (Wildman–Crippen MR) is 92.6 cm³/mol. The van der Waals surface area contributed by atoms with Crippen LogP contribution in [-0.4, -0.2) is 37.7 Å². The number of hydrogen-bond acceptors (Lipinski definition) is 3. The lowest BCUT2D eigenvalue weighted by Gasteiger charge is -2.40. The normalized spacial score (nSPS) is 16.0. The summed E-state index contributed by atoms with van der Waals surface area (Å²) in [6, 6.07) is 5.84. The molecule has 2 N–H and O–H groups in total. The second-order valence-corrected chi connectivity index (χ2v) is 7.17. The number of carbonyl (C=O) groups is 1. The molecular weight excluding hydrogens is 282 g/mol. The van der Waals surface area contributed by atoms with Gasteiger partial charge in [-0.3, -0.25) is 0 Å². The third kappa shape index (κ3) is 3.64. The van der Waals surface area contributed by atoms with Gasteiger partial charge in [0.15, 0.2) is 0 Å². The van der Waals surface area contributed by atoms with Crippen LogP contribution in [0.1, 0.15) is 24.8 Å². The zero-order chi connectivity index (χ0) is 15.5. The summed E-state index contributed by atoms with van der Waals surface area (Å²) in [5, 5.41) is 5.98. The molecule has 1 aliphatic rings. The summed E-state index contributed by atoms with van der Waals surface area (Å²) in [5.74, 6) is 0. The quantitative estimate of drug-likeness (QED) is 0.875. The second-order valence-electron chi connectivity index (χ2n) is 5.89. The summed E-state index contributed by atoms with van der Waals surface area (Å²) in [6.45, 7) is 2.77. The lowest BCUT2D eigenvalue weighted by atomic mass is 9.84. The average Bonchev–Trinajstić information content (AvgIpc) is 2.40. The van der Waals surface area contributed by atoms with Crippen LogP contribution in [0.3, 0.4) is 0 Å². The molecule has 0 spiro atoms. The minimum atomic E-state index is -0.116. The van der Waals surface area contributed by atoms with E-state index in [1.807, 2.05) is 44.9 Å². The van der Waals surface area contributed by atoms with E-state index in [9.17, 15) is 4.79 Å². The van der Waals surface area contributed by atoms with Crippen LogP contribution in [0.2, 0.25) is 0 Å².